The van der Waals surface area contributed by atoms with Gasteiger partial charge in [0.05, 0.1) is 13.0 Å². The number of aromatic amines is 1. The summed E-state index contributed by atoms with van der Waals surface area (Å²) < 4.78 is 1.32. The molecular weight excluding hydrogens is 236 g/mol. The first-order chi connectivity index (χ1) is 8.56. The number of rotatable bonds is 4. The summed E-state index contributed by atoms with van der Waals surface area (Å²) in [4.78, 5) is 22.3. The van der Waals surface area contributed by atoms with E-state index in [4.69, 9.17) is 10.2 Å². The third-order valence-corrected chi connectivity index (χ3v) is 2.53. The Morgan fingerprint density at radius 2 is 1.94 bits per heavy atom. The van der Waals surface area contributed by atoms with Crippen molar-refractivity contribution in [3.8, 4) is 5.75 Å². The minimum absolute atomic E-state index is 0.157. The van der Waals surface area contributed by atoms with Gasteiger partial charge in [-0.15, -0.1) is 0 Å². The summed E-state index contributed by atoms with van der Waals surface area (Å²) in [6, 6.07) is 6.45. The Labute approximate surface area is 102 Å². The van der Waals surface area contributed by atoms with Crippen LogP contribution in [0, 0.1) is 0 Å². The quantitative estimate of drug-likeness (QED) is 0.736. The summed E-state index contributed by atoms with van der Waals surface area (Å²) in [5, 5.41) is 20.5. The Hall–Kier alpha value is -2.50. The number of nitrogens with zero attached hydrogens (tertiary/aromatic N) is 1. The number of aromatic nitrogens is 2. The normalized spacial score (nSPS) is 10.4. The summed E-state index contributed by atoms with van der Waals surface area (Å²) in [6.07, 6.45) is 1.11. The molecule has 0 saturated carbocycles. The lowest BCUT2D eigenvalue weighted by Gasteiger charge is -2.01. The predicted molar refractivity (Wildman–Crippen MR) is 63.6 cm³/mol. The van der Waals surface area contributed by atoms with E-state index < -0.39 is 5.97 Å². The van der Waals surface area contributed by atoms with Crippen LogP contribution in [0.4, 0.5) is 0 Å². The largest absolute Gasteiger partial charge is 0.508 e. The number of hydrogen-bond acceptors (Lipinski definition) is 3. The number of aliphatic carboxylic acids is 1. The third-order valence-electron chi connectivity index (χ3n) is 2.53. The predicted octanol–water partition coefficient (Wildman–Crippen LogP) is 0.557. The highest BCUT2D eigenvalue weighted by Gasteiger charge is 2.09. The molecule has 0 amide bonds. The topological polar surface area (TPSA) is 95.3 Å². The van der Waals surface area contributed by atoms with Gasteiger partial charge >= 0.3 is 5.97 Å². The third kappa shape index (κ3) is 2.60. The number of benzene rings is 1. The fraction of sp³-hybridized carbons (Fsp3) is 0.167. The van der Waals surface area contributed by atoms with E-state index in [2.05, 4.69) is 5.10 Å². The van der Waals surface area contributed by atoms with E-state index in [-0.39, 0.29) is 23.3 Å². The summed E-state index contributed by atoms with van der Waals surface area (Å²) in [5.74, 6) is -0.882. The van der Waals surface area contributed by atoms with Crippen LogP contribution >= 0.6 is 0 Å². The molecule has 0 aliphatic heterocycles. The minimum Gasteiger partial charge on any atom is -0.508 e. The van der Waals surface area contributed by atoms with Crippen molar-refractivity contribution in [2.24, 2.45) is 0 Å². The van der Waals surface area contributed by atoms with Gasteiger partial charge in [-0.1, -0.05) is 12.1 Å². The van der Waals surface area contributed by atoms with Gasteiger partial charge in [0.2, 0.25) is 0 Å². The molecule has 3 N–H and O–H groups in total. The van der Waals surface area contributed by atoms with Crippen molar-refractivity contribution in [3.63, 3.8) is 0 Å². The molecule has 94 valence electrons. The van der Waals surface area contributed by atoms with Gasteiger partial charge in [0, 0.05) is 11.8 Å². The number of carboxylic acid groups (broad SMARTS) is 1. The van der Waals surface area contributed by atoms with E-state index in [1.165, 1.54) is 23.0 Å². The number of phenols is 1. The monoisotopic (exact) mass is 248 g/mol. The molecule has 6 heteroatoms. The lowest BCUT2D eigenvalue weighted by molar-refractivity contribution is -0.136. The van der Waals surface area contributed by atoms with Crippen molar-refractivity contribution >= 4 is 5.97 Å². The maximum atomic E-state index is 11.8. The zero-order valence-electron chi connectivity index (χ0n) is 9.46. The highest BCUT2D eigenvalue weighted by Crippen LogP contribution is 2.10. The van der Waals surface area contributed by atoms with E-state index in [0.29, 0.717) is 6.54 Å². The number of carboxylic acids is 1. The fourth-order valence-electron chi connectivity index (χ4n) is 1.64. The summed E-state index contributed by atoms with van der Waals surface area (Å²) in [5.41, 5.74) is 0.713. The number of carbonyl (C=O) groups is 1. The molecule has 18 heavy (non-hydrogen) atoms. The molecule has 0 saturated heterocycles. The van der Waals surface area contributed by atoms with Crippen LogP contribution in [0.15, 0.2) is 35.3 Å². The second-order valence-electron chi connectivity index (χ2n) is 3.93. The zero-order chi connectivity index (χ0) is 13.1. The summed E-state index contributed by atoms with van der Waals surface area (Å²) >= 11 is 0. The maximum Gasteiger partial charge on any atom is 0.308 e. The Kier molecular flexibility index (Phi) is 3.18. The Morgan fingerprint density at radius 3 is 2.56 bits per heavy atom. The molecule has 6 nitrogen and oxygen atoms in total. The van der Waals surface area contributed by atoms with Gasteiger partial charge < -0.3 is 15.3 Å². The highest BCUT2D eigenvalue weighted by molar-refractivity contribution is 5.69. The molecule has 1 aromatic carbocycles. The zero-order valence-corrected chi connectivity index (χ0v) is 9.46. The van der Waals surface area contributed by atoms with Gasteiger partial charge in [-0.05, 0) is 17.7 Å². The minimum atomic E-state index is -1.04. The van der Waals surface area contributed by atoms with Gasteiger partial charge in [0.25, 0.3) is 5.56 Å². The van der Waals surface area contributed by atoms with E-state index in [9.17, 15) is 9.59 Å². The first kappa shape index (κ1) is 12.0. The fourth-order valence-corrected chi connectivity index (χ4v) is 1.64. The summed E-state index contributed by atoms with van der Waals surface area (Å²) in [6.45, 7) is 0.304. The molecule has 0 radical (unpaired) electrons. The molecule has 1 heterocycles. The van der Waals surface area contributed by atoms with Crippen molar-refractivity contribution < 1.29 is 15.0 Å². The van der Waals surface area contributed by atoms with E-state index in [0.717, 1.165) is 5.56 Å². The number of H-pyrrole nitrogens is 1. The number of nitrogens with one attached hydrogen (secondary N) is 1. The molecule has 0 fully saturated rings. The standard InChI is InChI=1S/C12H12N2O4/c15-10-3-1-8(2-4-10)7-14-12(18)9(6-13-14)5-11(16)17/h1-4,6,13,15H,5,7H2,(H,16,17). The average Bonchev–Trinajstić information content (AvgIpc) is 2.64. The Balaban J connectivity index is 2.20. The van der Waals surface area contributed by atoms with Crippen molar-refractivity contribution in [3.05, 3.63) is 51.9 Å². The lowest BCUT2D eigenvalue weighted by Crippen LogP contribution is -2.21. The number of phenolic OH excluding ortho intramolecular Hbond substituents is 1. The van der Waals surface area contributed by atoms with Gasteiger partial charge in [-0.2, -0.15) is 0 Å². The summed E-state index contributed by atoms with van der Waals surface area (Å²) in [7, 11) is 0. The maximum absolute atomic E-state index is 11.8. The van der Waals surface area contributed by atoms with E-state index in [1.54, 1.807) is 12.1 Å². The lowest BCUT2D eigenvalue weighted by atomic mass is 10.2. The number of aromatic hydroxyl groups is 1. The molecule has 1 aromatic heterocycles. The highest BCUT2D eigenvalue weighted by atomic mass is 16.4. The van der Waals surface area contributed by atoms with Gasteiger partial charge in [-0.25, -0.2) is 4.68 Å². The molecule has 0 bridgehead atoms. The second kappa shape index (κ2) is 4.79. The van der Waals surface area contributed by atoms with Crippen molar-refractivity contribution in [2.45, 2.75) is 13.0 Å². The number of hydrogen-bond donors (Lipinski definition) is 3. The van der Waals surface area contributed by atoms with Crippen LogP contribution in [0.25, 0.3) is 0 Å². The molecule has 2 rings (SSSR count). The van der Waals surface area contributed by atoms with Crippen LogP contribution in [0.5, 0.6) is 5.75 Å². The van der Waals surface area contributed by atoms with Crippen LogP contribution in [0.3, 0.4) is 0 Å². The van der Waals surface area contributed by atoms with Crippen LogP contribution in [-0.2, 0) is 17.8 Å². The molecule has 0 atom stereocenters. The molecule has 0 unspecified atom stereocenters. The molecule has 0 aliphatic carbocycles. The first-order valence-electron chi connectivity index (χ1n) is 5.33. The van der Waals surface area contributed by atoms with Crippen molar-refractivity contribution in [2.75, 3.05) is 0 Å². The first-order valence-corrected chi connectivity index (χ1v) is 5.33. The Bertz CT molecular complexity index is 610. The van der Waals surface area contributed by atoms with Crippen molar-refractivity contribution in [1.29, 1.82) is 0 Å². The SMILES string of the molecule is O=C(O)Cc1c[nH]n(Cc2ccc(O)cc2)c1=O. The molecule has 0 aliphatic rings. The second-order valence-corrected chi connectivity index (χ2v) is 3.93. The Morgan fingerprint density at radius 1 is 1.28 bits per heavy atom. The molecule has 2 aromatic rings. The van der Waals surface area contributed by atoms with E-state index >= 15 is 0 Å². The molecular formula is C12H12N2O4. The van der Waals surface area contributed by atoms with Crippen LogP contribution in [0.1, 0.15) is 11.1 Å². The average molecular weight is 248 g/mol. The van der Waals surface area contributed by atoms with Gasteiger partial charge in [0.15, 0.2) is 0 Å². The smallest absolute Gasteiger partial charge is 0.308 e. The van der Waals surface area contributed by atoms with Crippen LogP contribution < -0.4 is 5.56 Å². The van der Waals surface area contributed by atoms with Crippen LogP contribution in [0.2, 0.25) is 0 Å². The van der Waals surface area contributed by atoms with Crippen LogP contribution in [-0.4, -0.2) is 26.0 Å². The van der Waals surface area contributed by atoms with Crippen molar-refractivity contribution in [1.82, 2.24) is 9.78 Å². The van der Waals surface area contributed by atoms with Gasteiger partial charge in [0.1, 0.15) is 5.75 Å². The molecule has 0 spiro atoms. The van der Waals surface area contributed by atoms with Gasteiger partial charge in [-0.3, -0.25) is 9.59 Å². The van der Waals surface area contributed by atoms with E-state index in [1.807, 2.05) is 0 Å².